The van der Waals surface area contributed by atoms with Gasteiger partial charge in [0.25, 0.3) is 5.56 Å². The van der Waals surface area contributed by atoms with Gasteiger partial charge in [-0.25, -0.2) is 4.98 Å². The molecule has 0 aliphatic carbocycles. The monoisotopic (exact) mass is 433 g/mol. The van der Waals surface area contributed by atoms with E-state index < -0.39 is 0 Å². The van der Waals surface area contributed by atoms with Gasteiger partial charge in [-0.2, -0.15) is 9.78 Å². The van der Waals surface area contributed by atoms with Crippen molar-refractivity contribution < 1.29 is 4.74 Å². The lowest BCUT2D eigenvalue weighted by atomic mass is 10.2. The fourth-order valence-corrected chi connectivity index (χ4v) is 3.45. The van der Waals surface area contributed by atoms with Crippen LogP contribution >= 0.6 is 15.9 Å². The number of methoxy groups -OCH3 is 1. The molecule has 0 bridgehead atoms. The lowest BCUT2D eigenvalue weighted by Gasteiger charge is -2.09. The van der Waals surface area contributed by atoms with E-state index in [2.05, 4.69) is 26.0 Å². The molecule has 4 aromatic rings. The highest BCUT2D eigenvalue weighted by atomic mass is 79.9. The Morgan fingerprint density at radius 3 is 2.54 bits per heavy atom. The Morgan fingerprint density at radius 2 is 1.79 bits per heavy atom. The van der Waals surface area contributed by atoms with Crippen molar-refractivity contribution in [2.24, 2.45) is 5.10 Å². The van der Waals surface area contributed by atoms with Gasteiger partial charge in [0.05, 0.1) is 28.7 Å². The van der Waals surface area contributed by atoms with Crippen LogP contribution in [-0.4, -0.2) is 23.0 Å². The number of ether oxygens (including phenoxy) is 1. The molecule has 28 heavy (non-hydrogen) atoms. The van der Waals surface area contributed by atoms with Crippen LogP contribution in [0.3, 0.4) is 0 Å². The topological polar surface area (TPSA) is 56.5 Å². The van der Waals surface area contributed by atoms with E-state index in [1.54, 1.807) is 19.4 Å². The van der Waals surface area contributed by atoms with Crippen molar-refractivity contribution in [3.63, 3.8) is 0 Å². The minimum atomic E-state index is -0.215. The summed E-state index contributed by atoms with van der Waals surface area (Å²) in [6.07, 6.45) is 1.63. The molecular weight excluding hydrogens is 418 g/mol. The standard InChI is InChI=1S/C22H16BrN3O2/c1-28-20-12-11-15(13-18(20)23)14-24-26-21(16-7-3-2-4-8-16)25-19-10-6-5-9-17(19)22(26)27/h2-14H,1H3. The van der Waals surface area contributed by atoms with Crippen molar-refractivity contribution in [1.29, 1.82) is 0 Å². The molecule has 0 spiro atoms. The first-order valence-corrected chi connectivity index (χ1v) is 9.42. The van der Waals surface area contributed by atoms with E-state index in [-0.39, 0.29) is 5.56 Å². The molecule has 0 radical (unpaired) electrons. The zero-order valence-corrected chi connectivity index (χ0v) is 16.6. The number of para-hydroxylation sites is 1. The smallest absolute Gasteiger partial charge is 0.282 e. The van der Waals surface area contributed by atoms with Gasteiger partial charge in [0.2, 0.25) is 0 Å². The molecule has 6 heteroatoms. The minimum absolute atomic E-state index is 0.215. The van der Waals surface area contributed by atoms with Gasteiger partial charge >= 0.3 is 0 Å². The Bertz CT molecular complexity index is 1230. The lowest BCUT2D eigenvalue weighted by molar-refractivity contribution is 0.412. The number of rotatable bonds is 4. The number of benzene rings is 3. The Labute approximate surface area is 170 Å². The summed E-state index contributed by atoms with van der Waals surface area (Å²) >= 11 is 3.46. The maximum atomic E-state index is 13.1. The second-order valence-electron chi connectivity index (χ2n) is 6.07. The van der Waals surface area contributed by atoms with Crippen LogP contribution in [-0.2, 0) is 0 Å². The Kier molecular flexibility index (Phi) is 5.04. The largest absolute Gasteiger partial charge is 0.496 e. The number of aromatic nitrogens is 2. The minimum Gasteiger partial charge on any atom is -0.496 e. The summed E-state index contributed by atoms with van der Waals surface area (Å²) in [6, 6.07) is 22.4. The number of hydrogen-bond acceptors (Lipinski definition) is 4. The van der Waals surface area contributed by atoms with Gasteiger partial charge in [0.15, 0.2) is 5.82 Å². The number of hydrogen-bond donors (Lipinski definition) is 0. The molecule has 0 N–H and O–H groups in total. The molecule has 0 atom stereocenters. The van der Waals surface area contributed by atoms with Crippen molar-refractivity contribution >= 4 is 33.0 Å². The molecule has 1 heterocycles. The van der Waals surface area contributed by atoms with Crippen LogP contribution in [0, 0.1) is 0 Å². The van der Waals surface area contributed by atoms with Crippen LogP contribution in [0.4, 0.5) is 0 Å². The molecule has 1 aromatic heterocycles. The van der Waals surface area contributed by atoms with Gasteiger partial charge in [-0.3, -0.25) is 4.79 Å². The first-order valence-electron chi connectivity index (χ1n) is 8.62. The molecular formula is C22H16BrN3O2. The summed E-state index contributed by atoms with van der Waals surface area (Å²) in [7, 11) is 1.61. The maximum absolute atomic E-state index is 13.1. The van der Waals surface area contributed by atoms with Gasteiger partial charge in [0, 0.05) is 5.56 Å². The van der Waals surface area contributed by atoms with Gasteiger partial charge < -0.3 is 4.74 Å². The first kappa shape index (κ1) is 18.1. The zero-order valence-electron chi connectivity index (χ0n) is 15.0. The fraction of sp³-hybridized carbons (Fsp3) is 0.0455. The summed E-state index contributed by atoms with van der Waals surface area (Å²) in [4.78, 5) is 17.8. The van der Waals surface area contributed by atoms with Crippen molar-refractivity contribution in [3.8, 4) is 17.1 Å². The summed E-state index contributed by atoms with van der Waals surface area (Å²) in [5.41, 5.74) is 2.07. The molecule has 0 aliphatic rings. The van der Waals surface area contributed by atoms with Crippen molar-refractivity contribution in [3.05, 3.63) is 93.2 Å². The predicted molar refractivity (Wildman–Crippen MR) is 115 cm³/mol. The van der Waals surface area contributed by atoms with Crippen LogP contribution in [0.1, 0.15) is 5.56 Å². The highest BCUT2D eigenvalue weighted by molar-refractivity contribution is 9.10. The fourth-order valence-electron chi connectivity index (χ4n) is 2.89. The second kappa shape index (κ2) is 7.78. The molecule has 0 fully saturated rings. The summed E-state index contributed by atoms with van der Waals surface area (Å²) in [5, 5.41) is 4.98. The number of nitrogens with zero attached hydrogens (tertiary/aromatic N) is 3. The van der Waals surface area contributed by atoms with Gasteiger partial charge in [-0.1, -0.05) is 42.5 Å². The van der Waals surface area contributed by atoms with Crippen LogP contribution < -0.4 is 10.3 Å². The molecule has 138 valence electrons. The van der Waals surface area contributed by atoms with Crippen LogP contribution in [0.15, 0.2) is 87.2 Å². The molecule has 0 unspecified atom stereocenters. The summed E-state index contributed by atoms with van der Waals surface area (Å²) in [5.74, 6) is 1.22. The number of fused-ring (bicyclic) bond motifs is 1. The Balaban J connectivity index is 1.88. The highest BCUT2D eigenvalue weighted by Crippen LogP contribution is 2.25. The molecule has 4 rings (SSSR count). The van der Waals surface area contributed by atoms with E-state index in [0.29, 0.717) is 16.7 Å². The predicted octanol–water partition coefficient (Wildman–Crippen LogP) is 4.72. The first-order chi connectivity index (χ1) is 13.7. The Morgan fingerprint density at radius 1 is 1.04 bits per heavy atom. The average Bonchev–Trinajstić information content (AvgIpc) is 2.74. The Hall–Kier alpha value is -3.25. The third-order valence-corrected chi connectivity index (χ3v) is 4.90. The van der Waals surface area contributed by atoms with Gasteiger partial charge in [-0.15, -0.1) is 0 Å². The summed E-state index contributed by atoms with van der Waals surface area (Å²) < 4.78 is 7.40. The van der Waals surface area contributed by atoms with E-state index >= 15 is 0 Å². The SMILES string of the molecule is COc1ccc(C=Nn2c(-c3ccccc3)nc3ccccc3c2=O)cc1Br. The van der Waals surface area contributed by atoms with E-state index in [1.807, 2.05) is 66.7 Å². The van der Waals surface area contributed by atoms with Gasteiger partial charge in [-0.05, 0) is 51.8 Å². The maximum Gasteiger partial charge on any atom is 0.282 e. The number of halogens is 1. The molecule has 0 aliphatic heterocycles. The quantitative estimate of drug-likeness (QED) is 0.437. The molecule has 0 amide bonds. The zero-order chi connectivity index (χ0) is 19.5. The van der Waals surface area contributed by atoms with E-state index in [0.717, 1.165) is 21.3 Å². The molecule has 0 saturated heterocycles. The molecule has 5 nitrogen and oxygen atoms in total. The third-order valence-electron chi connectivity index (χ3n) is 4.28. The van der Waals surface area contributed by atoms with Crippen LogP contribution in [0.5, 0.6) is 5.75 Å². The summed E-state index contributed by atoms with van der Waals surface area (Å²) in [6.45, 7) is 0. The van der Waals surface area contributed by atoms with Crippen LogP contribution in [0.2, 0.25) is 0 Å². The highest BCUT2D eigenvalue weighted by Gasteiger charge is 2.12. The van der Waals surface area contributed by atoms with Gasteiger partial charge in [0.1, 0.15) is 5.75 Å². The van der Waals surface area contributed by atoms with Crippen molar-refractivity contribution in [1.82, 2.24) is 9.66 Å². The third kappa shape index (κ3) is 3.46. The average molecular weight is 434 g/mol. The molecule has 0 saturated carbocycles. The van der Waals surface area contributed by atoms with Crippen LogP contribution in [0.25, 0.3) is 22.3 Å². The van der Waals surface area contributed by atoms with E-state index in [1.165, 1.54) is 4.68 Å². The molecule has 3 aromatic carbocycles. The second-order valence-corrected chi connectivity index (χ2v) is 6.93. The lowest BCUT2D eigenvalue weighted by Crippen LogP contribution is -2.20. The van der Waals surface area contributed by atoms with Crippen molar-refractivity contribution in [2.45, 2.75) is 0 Å². The normalized spacial score (nSPS) is 11.2. The van der Waals surface area contributed by atoms with Crippen molar-refractivity contribution in [2.75, 3.05) is 7.11 Å². The van der Waals surface area contributed by atoms with E-state index in [4.69, 9.17) is 4.74 Å². The van der Waals surface area contributed by atoms with E-state index in [9.17, 15) is 4.79 Å².